The molecular weight excluding hydrogens is 494 g/mol. The van der Waals surface area contributed by atoms with Crippen LogP contribution >= 0.6 is 0 Å². The first-order valence-electron chi connectivity index (χ1n) is 13.8. The van der Waals surface area contributed by atoms with Crippen molar-refractivity contribution in [1.29, 1.82) is 0 Å². The largest absolute Gasteiger partial charge is 0.492 e. The number of carbonyl (C=O) groups is 1. The molecule has 3 heterocycles. The molecule has 0 bridgehead atoms. The maximum absolute atomic E-state index is 14.1. The van der Waals surface area contributed by atoms with Crippen molar-refractivity contribution in [3.63, 3.8) is 0 Å². The van der Waals surface area contributed by atoms with Crippen molar-refractivity contribution >= 4 is 5.91 Å². The Morgan fingerprint density at radius 1 is 1.08 bits per heavy atom. The average Bonchev–Trinajstić information content (AvgIpc) is 3.43. The molecule has 3 aromatic rings. The highest BCUT2D eigenvalue weighted by Gasteiger charge is 2.36. The second-order valence-electron chi connectivity index (χ2n) is 11.1. The minimum absolute atomic E-state index is 0.0415. The van der Waals surface area contributed by atoms with E-state index in [0.29, 0.717) is 47.4 Å². The second-order valence-corrected chi connectivity index (χ2v) is 11.1. The third-order valence-corrected chi connectivity index (χ3v) is 8.36. The molecule has 1 aliphatic heterocycles. The van der Waals surface area contributed by atoms with Gasteiger partial charge < -0.3 is 28.7 Å². The lowest BCUT2D eigenvalue weighted by Gasteiger charge is -2.35. The Kier molecular flexibility index (Phi) is 7.58. The number of nitrogens with zero attached hydrogens (tertiary/aromatic N) is 2. The van der Waals surface area contributed by atoms with E-state index < -0.39 is 0 Å². The van der Waals surface area contributed by atoms with Crippen LogP contribution in [0.5, 0.6) is 11.5 Å². The Balaban J connectivity index is 1.56. The summed E-state index contributed by atoms with van der Waals surface area (Å²) in [5, 5.41) is 0. The molecule has 0 atom stereocenters. The van der Waals surface area contributed by atoms with Crippen LogP contribution in [0.2, 0.25) is 0 Å². The highest BCUT2D eigenvalue weighted by Crippen LogP contribution is 2.48. The Hall–Kier alpha value is -3.52. The number of carbonyl (C=O) groups excluding carboxylic acids is 1. The first kappa shape index (κ1) is 27.1. The van der Waals surface area contributed by atoms with Gasteiger partial charge in [0.15, 0.2) is 11.5 Å². The van der Waals surface area contributed by atoms with Gasteiger partial charge in [0.1, 0.15) is 5.76 Å². The van der Waals surface area contributed by atoms with Crippen molar-refractivity contribution in [2.75, 3.05) is 27.7 Å². The first-order chi connectivity index (χ1) is 18.7. The molecule has 1 aromatic carbocycles. The third kappa shape index (κ3) is 5.10. The summed E-state index contributed by atoms with van der Waals surface area (Å²) in [6, 6.07) is 6.24. The number of benzene rings is 1. The van der Waals surface area contributed by atoms with Crippen LogP contribution in [-0.2, 0) is 13.0 Å². The predicted octanol–water partition coefficient (Wildman–Crippen LogP) is 5.02. The van der Waals surface area contributed by atoms with Crippen molar-refractivity contribution in [3.8, 4) is 22.8 Å². The Labute approximate surface area is 229 Å². The first-order valence-corrected chi connectivity index (χ1v) is 13.8. The van der Waals surface area contributed by atoms with Gasteiger partial charge in [-0.25, -0.2) is 0 Å². The molecule has 0 saturated heterocycles. The third-order valence-electron chi connectivity index (χ3n) is 8.36. The van der Waals surface area contributed by atoms with Gasteiger partial charge in [0.2, 0.25) is 0 Å². The topological polar surface area (TPSA) is 88.0 Å². The highest BCUT2D eigenvalue weighted by molar-refractivity contribution is 6.02. The predicted molar refractivity (Wildman–Crippen MR) is 151 cm³/mol. The number of nitrogens with one attached hydrogen (secondary N) is 1. The van der Waals surface area contributed by atoms with Crippen molar-refractivity contribution in [1.82, 2.24) is 14.8 Å². The van der Waals surface area contributed by atoms with Gasteiger partial charge >= 0.3 is 0 Å². The van der Waals surface area contributed by atoms with E-state index in [2.05, 4.69) is 24.0 Å². The summed E-state index contributed by atoms with van der Waals surface area (Å²) in [6.07, 6.45) is 6.29. The van der Waals surface area contributed by atoms with Gasteiger partial charge in [0.25, 0.3) is 11.5 Å². The number of fused-ring (bicyclic) bond motifs is 1. The molecule has 0 radical (unpaired) electrons. The molecule has 8 nitrogen and oxygen atoms in total. The molecule has 1 aliphatic carbocycles. The number of pyridine rings is 1. The van der Waals surface area contributed by atoms with Crippen LogP contribution in [0.1, 0.15) is 64.0 Å². The average molecular weight is 534 g/mol. The van der Waals surface area contributed by atoms with Crippen molar-refractivity contribution < 1.29 is 18.7 Å². The lowest BCUT2D eigenvalue weighted by molar-refractivity contribution is 0.0722. The van der Waals surface area contributed by atoms with E-state index in [1.165, 1.54) is 0 Å². The quantitative estimate of drug-likeness (QED) is 0.459. The number of H-pyrrole nitrogens is 1. The number of furan rings is 1. The van der Waals surface area contributed by atoms with E-state index in [9.17, 15) is 9.59 Å². The molecule has 2 aliphatic rings. The lowest BCUT2D eigenvalue weighted by Crippen LogP contribution is -2.40. The van der Waals surface area contributed by atoms with Crippen molar-refractivity contribution in [3.05, 3.63) is 68.3 Å². The van der Waals surface area contributed by atoms with E-state index in [1.54, 1.807) is 18.3 Å². The van der Waals surface area contributed by atoms with Crippen LogP contribution in [0.4, 0.5) is 0 Å². The van der Waals surface area contributed by atoms with E-state index >= 15 is 0 Å². The maximum Gasteiger partial charge on any atom is 0.254 e. The molecule has 1 saturated carbocycles. The molecule has 39 heavy (non-hydrogen) atoms. The molecule has 5 rings (SSSR count). The highest BCUT2D eigenvalue weighted by atomic mass is 16.5. The molecule has 1 fully saturated rings. The second kappa shape index (κ2) is 10.9. The molecule has 1 amide bonds. The van der Waals surface area contributed by atoms with E-state index in [-0.39, 0.29) is 24.1 Å². The fourth-order valence-electron chi connectivity index (χ4n) is 6.22. The number of aromatic nitrogens is 1. The summed E-state index contributed by atoms with van der Waals surface area (Å²) in [5.41, 5.74) is 5.23. The molecule has 0 unspecified atom stereocenters. The van der Waals surface area contributed by atoms with Crippen LogP contribution in [0.15, 0.2) is 33.7 Å². The Morgan fingerprint density at radius 2 is 1.82 bits per heavy atom. The fourth-order valence-corrected chi connectivity index (χ4v) is 6.22. The number of amides is 1. The molecule has 0 spiro atoms. The van der Waals surface area contributed by atoms with Gasteiger partial charge in [0, 0.05) is 29.4 Å². The van der Waals surface area contributed by atoms with Gasteiger partial charge in [-0.1, -0.05) is 0 Å². The van der Waals surface area contributed by atoms with Crippen LogP contribution < -0.4 is 15.0 Å². The van der Waals surface area contributed by atoms with Gasteiger partial charge in [-0.3, -0.25) is 9.59 Å². The molecular formula is C31H39N3O5. The maximum atomic E-state index is 14.1. The van der Waals surface area contributed by atoms with E-state index in [4.69, 9.17) is 13.9 Å². The fraction of sp³-hybridized carbons (Fsp3) is 0.484. The van der Waals surface area contributed by atoms with Crippen molar-refractivity contribution in [2.45, 2.75) is 71.6 Å². The Bertz CT molecular complexity index is 1420. The van der Waals surface area contributed by atoms with Gasteiger partial charge in [-0.2, -0.15) is 0 Å². The van der Waals surface area contributed by atoms with Crippen LogP contribution in [-0.4, -0.2) is 60.6 Å². The Morgan fingerprint density at radius 3 is 2.44 bits per heavy atom. The molecule has 208 valence electrons. The zero-order chi connectivity index (χ0) is 27.8. The molecule has 1 N–H and O–H groups in total. The van der Waals surface area contributed by atoms with E-state index in [1.807, 2.05) is 39.0 Å². The minimum Gasteiger partial charge on any atom is -0.492 e. The summed E-state index contributed by atoms with van der Waals surface area (Å²) in [5.74, 6) is 1.76. The van der Waals surface area contributed by atoms with Crippen LogP contribution in [0.3, 0.4) is 0 Å². The summed E-state index contributed by atoms with van der Waals surface area (Å²) >= 11 is 0. The molecule has 2 aromatic heterocycles. The number of aryl methyl sites for hydroxylation is 2. The van der Waals surface area contributed by atoms with Gasteiger partial charge in [-0.15, -0.1) is 0 Å². The smallest absolute Gasteiger partial charge is 0.254 e. The lowest BCUT2D eigenvalue weighted by atomic mass is 9.87. The zero-order valence-corrected chi connectivity index (χ0v) is 23.8. The SMILES string of the molecule is COc1c(OC2CCC(N(C)C)CC2)c(C)c2c(c1-c1ccco1)CCN(Cc1c(C)cc(C)[nH]c1=O)C2=O. The van der Waals surface area contributed by atoms with E-state index in [0.717, 1.165) is 53.6 Å². The standard InChI is InChI=1S/C31H39N3O5/c1-18-16-19(2)32-30(35)24(18)17-34-14-13-23-26(31(34)36)20(3)28(29(37-6)27(23)25-8-7-15-38-25)39-22-11-9-21(10-12-22)33(4)5/h7-8,15-16,21-22H,9-14,17H2,1-6H3,(H,32,35). The van der Waals surface area contributed by atoms with Gasteiger partial charge in [-0.05, 0) is 96.3 Å². The van der Waals surface area contributed by atoms with Crippen LogP contribution in [0, 0.1) is 20.8 Å². The number of hydrogen-bond acceptors (Lipinski definition) is 6. The summed E-state index contributed by atoms with van der Waals surface area (Å²) < 4.78 is 18.5. The minimum atomic E-state index is -0.147. The number of hydrogen-bond donors (Lipinski definition) is 1. The summed E-state index contributed by atoms with van der Waals surface area (Å²) in [7, 11) is 5.90. The summed E-state index contributed by atoms with van der Waals surface area (Å²) in [6.45, 7) is 6.47. The zero-order valence-electron chi connectivity index (χ0n) is 23.8. The van der Waals surface area contributed by atoms with Crippen molar-refractivity contribution in [2.24, 2.45) is 0 Å². The number of ether oxygens (including phenoxy) is 2. The number of aromatic amines is 1. The molecule has 8 heteroatoms. The van der Waals surface area contributed by atoms with Crippen LogP contribution in [0.25, 0.3) is 11.3 Å². The monoisotopic (exact) mass is 533 g/mol. The number of rotatable bonds is 7. The summed E-state index contributed by atoms with van der Waals surface area (Å²) in [4.78, 5) is 33.8. The number of methoxy groups -OCH3 is 1. The normalized spacial score (nSPS) is 19.4. The van der Waals surface area contributed by atoms with Gasteiger partial charge in [0.05, 0.1) is 37.1 Å².